The molecule has 0 aliphatic rings. The van der Waals surface area contributed by atoms with Gasteiger partial charge in [-0.25, -0.2) is 0 Å². The maximum atomic E-state index is 11.9. The number of hydrogen-bond acceptors (Lipinski definition) is 3. The number of methoxy groups -OCH3 is 1. The van der Waals surface area contributed by atoms with Crippen molar-refractivity contribution in [1.29, 1.82) is 0 Å². The molecule has 1 aromatic rings. The smallest absolute Gasteiger partial charge is 0.123 e. The van der Waals surface area contributed by atoms with Crippen molar-refractivity contribution >= 4 is 10.8 Å². The third kappa shape index (κ3) is 4.78. The van der Waals surface area contributed by atoms with Gasteiger partial charge in [0.1, 0.15) is 5.75 Å². The molecule has 2 atom stereocenters. The summed E-state index contributed by atoms with van der Waals surface area (Å²) in [6.45, 7) is 2.14. The summed E-state index contributed by atoms with van der Waals surface area (Å²) in [6, 6.07) is 7.44. The number of unbranched alkanes of at least 4 members (excludes halogenated alkanes) is 2. The average molecular weight is 269 g/mol. The van der Waals surface area contributed by atoms with Gasteiger partial charge in [0.15, 0.2) is 0 Å². The third-order valence-corrected chi connectivity index (χ3v) is 4.35. The Balaban J connectivity index is 2.53. The molecule has 1 aromatic carbocycles. The van der Waals surface area contributed by atoms with Crippen LogP contribution in [0.2, 0.25) is 0 Å². The lowest BCUT2D eigenvalue weighted by Gasteiger charge is -2.15. The molecular formula is C14H23NO2S. The number of benzene rings is 1. The quantitative estimate of drug-likeness (QED) is 0.738. The van der Waals surface area contributed by atoms with E-state index in [1.807, 2.05) is 24.3 Å². The minimum atomic E-state index is -0.843. The van der Waals surface area contributed by atoms with Crippen LogP contribution >= 0.6 is 0 Å². The van der Waals surface area contributed by atoms with Crippen molar-refractivity contribution in [3.05, 3.63) is 29.8 Å². The molecule has 102 valence electrons. The first kappa shape index (κ1) is 15.2. The second-order valence-corrected chi connectivity index (χ2v) is 5.99. The Morgan fingerprint density at radius 1 is 1.33 bits per heavy atom. The number of para-hydroxylation sites is 1. The molecule has 0 heterocycles. The number of rotatable bonds is 8. The van der Waals surface area contributed by atoms with Crippen molar-refractivity contribution in [2.75, 3.05) is 18.6 Å². The maximum absolute atomic E-state index is 11.9. The van der Waals surface area contributed by atoms with Crippen LogP contribution < -0.4 is 10.5 Å². The number of ether oxygens (including phenoxy) is 1. The zero-order valence-corrected chi connectivity index (χ0v) is 12.0. The Labute approximate surface area is 112 Å². The van der Waals surface area contributed by atoms with Crippen LogP contribution in [0.4, 0.5) is 0 Å². The van der Waals surface area contributed by atoms with Crippen LogP contribution in [0.3, 0.4) is 0 Å². The first-order chi connectivity index (χ1) is 8.69. The van der Waals surface area contributed by atoms with Gasteiger partial charge in [-0.2, -0.15) is 0 Å². The topological polar surface area (TPSA) is 52.3 Å². The van der Waals surface area contributed by atoms with E-state index < -0.39 is 10.8 Å². The molecule has 0 saturated carbocycles. The summed E-state index contributed by atoms with van der Waals surface area (Å²) in [5, 5.41) is 0. The molecule has 0 radical (unpaired) electrons. The fourth-order valence-corrected chi connectivity index (χ4v) is 3.13. The first-order valence-electron chi connectivity index (χ1n) is 6.42. The molecule has 0 amide bonds. The van der Waals surface area contributed by atoms with Gasteiger partial charge in [-0.05, 0) is 12.5 Å². The lowest BCUT2D eigenvalue weighted by atomic mass is 10.1. The molecule has 0 aliphatic carbocycles. The lowest BCUT2D eigenvalue weighted by Crippen LogP contribution is -2.20. The van der Waals surface area contributed by atoms with E-state index in [2.05, 4.69) is 6.92 Å². The fraction of sp³-hybridized carbons (Fsp3) is 0.571. The Hall–Kier alpha value is -0.870. The summed E-state index contributed by atoms with van der Waals surface area (Å²) in [6.07, 6.45) is 3.30. The Morgan fingerprint density at radius 2 is 2.06 bits per heavy atom. The second-order valence-electron chi connectivity index (χ2n) is 4.37. The molecule has 0 saturated heterocycles. The van der Waals surface area contributed by atoms with E-state index in [-0.39, 0.29) is 6.04 Å². The SMILES string of the molecule is CCCCCS(=O)CC(N)c1ccccc1OC. The number of nitrogens with two attached hydrogens (primary N) is 1. The predicted molar refractivity (Wildman–Crippen MR) is 77.3 cm³/mol. The lowest BCUT2D eigenvalue weighted by molar-refractivity contribution is 0.407. The van der Waals surface area contributed by atoms with Crippen molar-refractivity contribution in [2.45, 2.75) is 32.2 Å². The summed E-state index contributed by atoms with van der Waals surface area (Å²) >= 11 is 0. The molecule has 1 rings (SSSR count). The van der Waals surface area contributed by atoms with E-state index in [0.717, 1.165) is 36.3 Å². The monoisotopic (exact) mass is 269 g/mol. The van der Waals surface area contributed by atoms with E-state index in [1.54, 1.807) is 7.11 Å². The average Bonchev–Trinajstić information content (AvgIpc) is 2.39. The molecule has 3 nitrogen and oxygen atoms in total. The zero-order chi connectivity index (χ0) is 13.4. The van der Waals surface area contributed by atoms with Crippen LogP contribution in [0.25, 0.3) is 0 Å². The Bertz CT molecular complexity index is 382. The molecule has 0 bridgehead atoms. The minimum absolute atomic E-state index is 0.219. The van der Waals surface area contributed by atoms with Gasteiger partial charge in [-0.3, -0.25) is 4.21 Å². The summed E-state index contributed by atoms with van der Waals surface area (Å²) in [5.41, 5.74) is 7.04. The van der Waals surface area contributed by atoms with E-state index in [0.29, 0.717) is 5.75 Å². The van der Waals surface area contributed by atoms with Crippen LogP contribution in [0.15, 0.2) is 24.3 Å². The first-order valence-corrected chi connectivity index (χ1v) is 7.91. The number of hydrogen-bond donors (Lipinski definition) is 1. The van der Waals surface area contributed by atoms with Crippen molar-refractivity contribution in [1.82, 2.24) is 0 Å². The van der Waals surface area contributed by atoms with Crippen LogP contribution in [-0.4, -0.2) is 22.8 Å². The largest absolute Gasteiger partial charge is 0.496 e. The van der Waals surface area contributed by atoms with Crippen LogP contribution in [-0.2, 0) is 10.8 Å². The van der Waals surface area contributed by atoms with E-state index in [9.17, 15) is 4.21 Å². The van der Waals surface area contributed by atoms with E-state index in [4.69, 9.17) is 10.5 Å². The van der Waals surface area contributed by atoms with Crippen LogP contribution in [0.1, 0.15) is 37.8 Å². The van der Waals surface area contributed by atoms with Crippen molar-refractivity contribution in [2.24, 2.45) is 5.73 Å². The Kier molecular flexibility index (Phi) is 6.98. The van der Waals surface area contributed by atoms with Gasteiger partial charge in [0, 0.05) is 33.9 Å². The minimum Gasteiger partial charge on any atom is -0.496 e. The fourth-order valence-electron chi connectivity index (χ4n) is 1.86. The molecule has 2 unspecified atom stereocenters. The molecular weight excluding hydrogens is 246 g/mol. The molecule has 18 heavy (non-hydrogen) atoms. The van der Waals surface area contributed by atoms with Gasteiger partial charge in [0.2, 0.25) is 0 Å². The molecule has 0 aliphatic heterocycles. The summed E-state index contributed by atoms with van der Waals surface area (Å²) in [5.74, 6) is 2.02. The van der Waals surface area contributed by atoms with Crippen molar-refractivity contribution < 1.29 is 8.95 Å². The zero-order valence-electron chi connectivity index (χ0n) is 11.2. The third-order valence-electron chi connectivity index (χ3n) is 2.88. The van der Waals surface area contributed by atoms with E-state index in [1.165, 1.54) is 0 Å². The highest BCUT2D eigenvalue weighted by molar-refractivity contribution is 7.85. The molecule has 0 fully saturated rings. The summed E-state index contributed by atoms with van der Waals surface area (Å²) in [4.78, 5) is 0. The highest BCUT2D eigenvalue weighted by atomic mass is 32.2. The van der Waals surface area contributed by atoms with Crippen LogP contribution in [0, 0.1) is 0 Å². The molecule has 0 aromatic heterocycles. The van der Waals surface area contributed by atoms with Crippen molar-refractivity contribution in [3.63, 3.8) is 0 Å². The highest BCUT2D eigenvalue weighted by Gasteiger charge is 2.14. The summed E-state index contributed by atoms with van der Waals surface area (Å²) in [7, 11) is 0.786. The van der Waals surface area contributed by atoms with Gasteiger partial charge in [0.05, 0.1) is 7.11 Å². The van der Waals surface area contributed by atoms with E-state index >= 15 is 0 Å². The van der Waals surface area contributed by atoms with Gasteiger partial charge < -0.3 is 10.5 Å². The highest BCUT2D eigenvalue weighted by Crippen LogP contribution is 2.23. The second kappa shape index (κ2) is 8.27. The van der Waals surface area contributed by atoms with Gasteiger partial charge in [-0.15, -0.1) is 0 Å². The standard InChI is InChI=1S/C14H23NO2S/c1-3-4-7-10-18(16)11-13(15)12-8-5-6-9-14(12)17-2/h5-6,8-9,13H,3-4,7,10-11,15H2,1-2H3. The predicted octanol–water partition coefficient (Wildman–Crippen LogP) is 2.63. The van der Waals surface area contributed by atoms with Crippen molar-refractivity contribution in [3.8, 4) is 5.75 Å². The Morgan fingerprint density at radius 3 is 2.72 bits per heavy atom. The molecule has 4 heteroatoms. The summed E-state index contributed by atoms with van der Waals surface area (Å²) < 4.78 is 17.2. The normalized spacial score (nSPS) is 14.2. The van der Waals surface area contributed by atoms with Gasteiger partial charge in [-0.1, -0.05) is 38.0 Å². The van der Waals surface area contributed by atoms with Gasteiger partial charge >= 0.3 is 0 Å². The molecule has 0 spiro atoms. The van der Waals surface area contributed by atoms with Gasteiger partial charge in [0.25, 0.3) is 0 Å². The molecule has 2 N–H and O–H groups in total. The van der Waals surface area contributed by atoms with Crippen LogP contribution in [0.5, 0.6) is 5.75 Å². The maximum Gasteiger partial charge on any atom is 0.123 e.